The SMILES string of the molecule is Cc1ccc(Cl)cc1C(=O)N[C@@H]1C[C@H]2CO[C@@H](CCO)CN2C1. The van der Waals surface area contributed by atoms with Gasteiger partial charge < -0.3 is 15.2 Å². The van der Waals surface area contributed by atoms with Crippen LogP contribution < -0.4 is 5.32 Å². The number of benzene rings is 1. The minimum atomic E-state index is -0.0670. The van der Waals surface area contributed by atoms with E-state index < -0.39 is 0 Å². The highest BCUT2D eigenvalue weighted by Crippen LogP contribution is 2.25. The van der Waals surface area contributed by atoms with Crippen LogP contribution in [0.1, 0.15) is 28.8 Å². The molecule has 3 atom stereocenters. The molecule has 1 aromatic rings. The average molecular weight is 339 g/mol. The Labute approximate surface area is 141 Å². The molecule has 2 fully saturated rings. The van der Waals surface area contributed by atoms with E-state index in [0.29, 0.717) is 29.7 Å². The lowest BCUT2D eigenvalue weighted by Crippen LogP contribution is -2.46. The van der Waals surface area contributed by atoms with Gasteiger partial charge in [-0.15, -0.1) is 0 Å². The first kappa shape index (κ1) is 16.7. The fourth-order valence-electron chi connectivity index (χ4n) is 3.47. The predicted octanol–water partition coefficient (Wildman–Crippen LogP) is 1.60. The van der Waals surface area contributed by atoms with Gasteiger partial charge in [0.25, 0.3) is 5.91 Å². The zero-order valence-corrected chi connectivity index (χ0v) is 14.1. The molecule has 1 amide bonds. The smallest absolute Gasteiger partial charge is 0.251 e. The Morgan fingerprint density at radius 2 is 2.30 bits per heavy atom. The van der Waals surface area contributed by atoms with E-state index in [1.54, 1.807) is 12.1 Å². The summed E-state index contributed by atoms with van der Waals surface area (Å²) in [7, 11) is 0. The molecule has 0 bridgehead atoms. The first-order valence-electron chi connectivity index (χ1n) is 8.10. The van der Waals surface area contributed by atoms with Crippen LogP contribution >= 0.6 is 11.6 Å². The molecule has 23 heavy (non-hydrogen) atoms. The summed E-state index contributed by atoms with van der Waals surface area (Å²) in [6.45, 7) is 4.40. The van der Waals surface area contributed by atoms with Crippen molar-refractivity contribution < 1.29 is 14.6 Å². The standard InChI is InChI=1S/C17H23ClN2O3/c1-11-2-3-12(18)6-16(11)17(22)19-13-7-14-10-23-15(4-5-21)9-20(14)8-13/h2-3,6,13-15,21H,4-5,7-10H2,1H3,(H,19,22)/t13-,14+,15+/m1/s1. The number of nitrogens with one attached hydrogen (secondary N) is 1. The van der Waals surface area contributed by atoms with Gasteiger partial charge in [-0.1, -0.05) is 17.7 Å². The largest absolute Gasteiger partial charge is 0.396 e. The Balaban J connectivity index is 1.59. The van der Waals surface area contributed by atoms with Crippen molar-refractivity contribution in [3.05, 3.63) is 34.3 Å². The highest BCUT2D eigenvalue weighted by Gasteiger charge is 2.37. The van der Waals surface area contributed by atoms with Crippen molar-refractivity contribution in [2.75, 3.05) is 26.3 Å². The monoisotopic (exact) mass is 338 g/mol. The fraction of sp³-hybridized carbons (Fsp3) is 0.588. The van der Waals surface area contributed by atoms with Gasteiger partial charge in [0.05, 0.1) is 12.7 Å². The number of morpholine rings is 1. The topological polar surface area (TPSA) is 61.8 Å². The molecule has 3 rings (SSSR count). The zero-order valence-electron chi connectivity index (χ0n) is 13.3. The van der Waals surface area contributed by atoms with E-state index in [0.717, 1.165) is 25.1 Å². The number of fused-ring (bicyclic) bond motifs is 1. The molecule has 5 nitrogen and oxygen atoms in total. The van der Waals surface area contributed by atoms with Crippen LogP contribution in [-0.2, 0) is 4.74 Å². The Bertz CT molecular complexity index is 581. The van der Waals surface area contributed by atoms with Crippen molar-refractivity contribution in [2.45, 2.75) is 38.0 Å². The summed E-state index contributed by atoms with van der Waals surface area (Å²) in [4.78, 5) is 14.9. The number of aliphatic hydroxyl groups is 1. The molecule has 0 aromatic heterocycles. The summed E-state index contributed by atoms with van der Waals surface area (Å²) in [5.74, 6) is -0.0670. The number of carbonyl (C=O) groups is 1. The number of nitrogens with zero attached hydrogens (tertiary/aromatic N) is 1. The fourth-order valence-corrected chi connectivity index (χ4v) is 3.64. The summed E-state index contributed by atoms with van der Waals surface area (Å²) in [5.41, 5.74) is 1.56. The minimum Gasteiger partial charge on any atom is -0.396 e. The summed E-state index contributed by atoms with van der Waals surface area (Å²) in [6.07, 6.45) is 1.67. The van der Waals surface area contributed by atoms with Crippen LogP contribution in [-0.4, -0.2) is 60.4 Å². The number of rotatable bonds is 4. The van der Waals surface area contributed by atoms with Gasteiger partial charge in [0.1, 0.15) is 0 Å². The third kappa shape index (κ3) is 3.86. The van der Waals surface area contributed by atoms with Crippen molar-refractivity contribution >= 4 is 17.5 Å². The van der Waals surface area contributed by atoms with Crippen molar-refractivity contribution in [3.63, 3.8) is 0 Å². The maximum absolute atomic E-state index is 12.5. The molecule has 2 saturated heterocycles. The van der Waals surface area contributed by atoms with Gasteiger partial charge in [0.2, 0.25) is 0 Å². The Hall–Kier alpha value is -1.14. The molecular weight excluding hydrogens is 316 g/mol. The van der Waals surface area contributed by atoms with E-state index in [-0.39, 0.29) is 24.7 Å². The third-order valence-corrected chi connectivity index (χ3v) is 4.96. The van der Waals surface area contributed by atoms with Crippen molar-refractivity contribution in [1.82, 2.24) is 10.2 Å². The summed E-state index contributed by atoms with van der Waals surface area (Å²) in [6, 6.07) is 5.86. The Morgan fingerprint density at radius 1 is 1.48 bits per heavy atom. The Morgan fingerprint density at radius 3 is 3.09 bits per heavy atom. The van der Waals surface area contributed by atoms with Gasteiger partial charge in [0.15, 0.2) is 0 Å². The summed E-state index contributed by atoms with van der Waals surface area (Å²) in [5, 5.41) is 12.7. The van der Waals surface area contributed by atoms with Gasteiger partial charge in [-0.25, -0.2) is 0 Å². The summed E-state index contributed by atoms with van der Waals surface area (Å²) < 4.78 is 5.77. The van der Waals surface area contributed by atoms with Gasteiger partial charge in [0, 0.05) is 42.4 Å². The summed E-state index contributed by atoms with van der Waals surface area (Å²) >= 11 is 6.00. The molecule has 2 aliphatic rings. The highest BCUT2D eigenvalue weighted by molar-refractivity contribution is 6.31. The van der Waals surface area contributed by atoms with E-state index in [9.17, 15) is 4.79 Å². The molecule has 2 aliphatic heterocycles. The van der Waals surface area contributed by atoms with Crippen LogP contribution in [0.4, 0.5) is 0 Å². The molecule has 2 N–H and O–H groups in total. The van der Waals surface area contributed by atoms with Crippen LogP contribution in [0.2, 0.25) is 5.02 Å². The number of ether oxygens (including phenoxy) is 1. The van der Waals surface area contributed by atoms with E-state index in [4.69, 9.17) is 21.4 Å². The van der Waals surface area contributed by atoms with Gasteiger partial charge >= 0.3 is 0 Å². The normalized spacial score (nSPS) is 27.7. The van der Waals surface area contributed by atoms with Crippen molar-refractivity contribution in [1.29, 1.82) is 0 Å². The minimum absolute atomic E-state index is 0.0670. The Kier molecular flexibility index (Phi) is 5.21. The van der Waals surface area contributed by atoms with Crippen LogP contribution in [0.25, 0.3) is 0 Å². The number of amides is 1. The maximum atomic E-state index is 12.5. The molecule has 0 spiro atoms. The first-order chi connectivity index (χ1) is 11.1. The van der Waals surface area contributed by atoms with E-state index in [2.05, 4.69) is 10.2 Å². The first-order valence-corrected chi connectivity index (χ1v) is 8.48. The lowest BCUT2D eigenvalue weighted by Gasteiger charge is -2.34. The van der Waals surface area contributed by atoms with Crippen molar-refractivity contribution in [3.8, 4) is 0 Å². The molecular formula is C17H23ClN2O3. The third-order valence-electron chi connectivity index (χ3n) is 4.72. The predicted molar refractivity (Wildman–Crippen MR) is 88.9 cm³/mol. The number of aliphatic hydroxyl groups excluding tert-OH is 1. The van der Waals surface area contributed by atoms with Gasteiger partial charge in [-0.2, -0.15) is 0 Å². The quantitative estimate of drug-likeness (QED) is 0.875. The second-order valence-electron chi connectivity index (χ2n) is 6.44. The average Bonchev–Trinajstić information content (AvgIpc) is 2.91. The zero-order chi connectivity index (χ0) is 16.4. The molecule has 126 valence electrons. The molecule has 6 heteroatoms. The lowest BCUT2D eigenvalue weighted by atomic mass is 10.1. The van der Waals surface area contributed by atoms with E-state index in [1.807, 2.05) is 13.0 Å². The highest BCUT2D eigenvalue weighted by atomic mass is 35.5. The molecule has 0 radical (unpaired) electrons. The number of aryl methyl sites for hydroxylation is 1. The van der Waals surface area contributed by atoms with Crippen LogP contribution in [0, 0.1) is 6.92 Å². The van der Waals surface area contributed by atoms with Gasteiger partial charge in [-0.05, 0) is 37.5 Å². The number of hydrogen-bond donors (Lipinski definition) is 2. The molecule has 0 unspecified atom stereocenters. The maximum Gasteiger partial charge on any atom is 0.251 e. The van der Waals surface area contributed by atoms with E-state index >= 15 is 0 Å². The number of carbonyl (C=O) groups excluding carboxylic acids is 1. The molecule has 0 aliphatic carbocycles. The molecule has 0 saturated carbocycles. The lowest BCUT2D eigenvalue weighted by molar-refractivity contribution is -0.0566. The van der Waals surface area contributed by atoms with E-state index in [1.165, 1.54) is 0 Å². The second-order valence-corrected chi connectivity index (χ2v) is 6.88. The second kappa shape index (κ2) is 7.18. The van der Waals surface area contributed by atoms with Gasteiger partial charge in [-0.3, -0.25) is 9.69 Å². The van der Waals surface area contributed by atoms with Crippen LogP contribution in [0.5, 0.6) is 0 Å². The van der Waals surface area contributed by atoms with Crippen LogP contribution in [0.3, 0.4) is 0 Å². The number of hydrogen-bond acceptors (Lipinski definition) is 4. The van der Waals surface area contributed by atoms with Crippen LogP contribution in [0.15, 0.2) is 18.2 Å². The van der Waals surface area contributed by atoms with Crippen molar-refractivity contribution in [2.24, 2.45) is 0 Å². The number of halogens is 1. The molecule has 2 heterocycles. The molecule has 1 aromatic carbocycles.